The number of imidazole rings is 1. The van der Waals surface area contributed by atoms with Crippen LogP contribution in [0.3, 0.4) is 0 Å². The van der Waals surface area contributed by atoms with E-state index in [-0.39, 0.29) is 5.91 Å². The van der Waals surface area contributed by atoms with Crippen molar-refractivity contribution in [2.45, 2.75) is 11.8 Å². The number of hydrogen-bond acceptors (Lipinski definition) is 3. The third kappa shape index (κ3) is 4.21. The van der Waals surface area contributed by atoms with E-state index in [0.29, 0.717) is 10.8 Å². The molecule has 0 bridgehead atoms. The van der Waals surface area contributed by atoms with Crippen molar-refractivity contribution in [2.24, 2.45) is 0 Å². The van der Waals surface area contributed by atoms with Crippen LogP contribution in [0.15, 0.2) is 71.6 Å². The Balaban J connectivity index is 1.49. The van der Waals surface area contributed by atoms with Gasteiger partial charge in [-0.25, -0.2) is 4.98 Å². The van der Waals surface area contributed by atoms with Crippen molar-refractivity contribution in [1.29, 1.82) is 0 Å². The number of para-hydroxylation sites is 2. The topological polar surface area (TPSA) is 57.8 Å². The second kappa shape index (κ2) is 8.09. The predicted molar refractivity (Wildman–Crippen MR) is 117 cm³/mol. The molecule has 4 aromatic rings. The molecule has 4 rings (SSSR count). The highest BCUT2D eigenvalue weighted by Crippen LogP contribution is 2.26. The number of anilines is 1. The van der Waals surface area contributed by atoms with Gasteiger partial charge in [0.2, 0.25) is 5.91 Å². The molecule has 0 saturated heterocycles. The summed E-state index contributed by atoms with van der Waals surface area (Å²) in [7, 11) is 0. The van der Waals surface area contributed by atoms with Gasteiger partial charge in [0.25, 0.3) is 0 Å². The number of carbonyl (C=O) groups excluding carboxylic acids is 1. The van der Waals surface area contributed by atoms with Gasteiger partial charge < -0.3 is 10.3 Å². The molecule has 0 atom stereocenters. The monoisotopic (exact) mass is 407 g/mol. The molecule has 1 amide bonds. The molecule has 0 aliphatic rings. The fraction of sp³-hybridized carbons (Fsp3) is 0.0909. The molecular formula is C22H18ClN3OS. The zero-order valence-corrected chi connectivity index (χ0v) is 16.8. The van der Waals surface area contributed by atoms with Crippen molar-refractivity contribution in [3.63, 3.8) is 0 Å². The van der Waals surface area contributed by atoms with E-state index in [2.05, 4.69) is 15.3 Å². The summed E-state index contributed by atoms with van der Waals surface area (Å²) in [5, 5.41) is 3.70. The third-order valence-corrected chi connectivity index (χ3v) is 5.62. The number of H-pyrrole nitrogens is 1. The summed E-state index contributed by atoms with van der Waals surface area (Å²) in [4.78, 5) is 21.4. The van der Waals surface area contributed by atoms with Gasteiger partial charge in [0.15, 0.2) is 0 Å². The quantitative estimate of drug-likeness (QED) is 0.403. The van der Waals surface area contributed by atoms with E-state index in [1.807, 2.05) is 73.7 Å². The van der Waals surface area contributed by atoms with Gasteiger partial charge in [-0.05, 0) is 55.0 Å². The molecule has 0 spiro atoms. The lowest BCUT2D eigenvalue weighted by Gasteiger charge is -2.10. The van der Waals surface area contributed by atoms with E-state index in [0.717, 1.165) is 38.6 Å². The van der Waals surface area contributed by atoms with E-state index >= 15 is 0 Å². The normalized spacial score (nSPS) is 10.9. The summed E-state index contributed by atoms with van der Waals surface area (Å²) in [5.74, 6) is 1.06. The second-order valence-electron chi connectivity index (χ2n) is 6.42. The maximum Gasteiger partial charge on any atom is 0.234 e. The standard InChI is InChI=1S/C22H18ClN3OS/c1-14-6-7-15(22-25-18-4-2-3-5-19(18)26-22)12-20(14)24-21(27)13-28-17-10-8-16(23)9-11-17/h2-12H,13H2,1H3,(H,24,27)(H,25,26). The van der Waals surface area contributed by atoms with Gasteiger partial charge in [-0.15, -0.1) is 11.8 Å². The molecule has 0 unspecified atom stereocenters. The Bertz CT molecular complexity index is 1110. The van der Waals surface area contributed by atoms with Gasteiger partial charge in [-0.1, -0.05) is 35.9 Å². The number of rotatable bonds is 5. The van der Waals surface area contributed by atoms with Crippen molar-refractivity contribution in [1.82, 2.24) is 9.97 Å². The van der Waals surface area contributed by atoms with Gasteiger partial charge in [0.05, 0.1) is 16.8 Å². The van der Waals surface area contributed by atoms with Crippen molar-refractivity contribution < 1.29 is 4.79 Å². The van der Waals surface area contributed by atoms with Gasteiger partial charge >= 0.3 is 0 Å². The van der Waals surface area contributed by atoms with Crippen LogP contribution in [0.4, 0.5) is 5.69 Å². The summed E-state index contributed by atoms with van der Waals surface area (Å²) in [6.45, 7) is 1.98. The molecule has 28 heavy (non-hydrogen) atoms. The smallest absolute Gasteiger partial charge is 0.234 e. The minimum atomic E-state index is -0.0511. The SMILES string of the molecule is Cc1ccc(-c2nc3ccccc3[nH]2)cc1NC(=O)CSc1ccc(Cl)cc1. The predicted octanol–water partition coefficient (Wildman–Crippen LogP) is 5.92. The zero-order chi connectivity index (χ0) is 19.5. The number of aromatic nitrogens is 2. The Morgan fingerprint density at radius 1 is 1.11 bits per heavy atom. The fourth-order valence-corrected chi connectivity index (χ4v) is 3.68. The summed E-state index contributed by atoms with van der Waals surface area (Å²) >= 11 is 7.37. The van der Waals surface area contributed by atoms with Crippen molar-refractivity contribution >= 4 is 46.0 Å². The zero-order valence-electron chi connectivity index (χ0n) is 15.2. The Labute approximate surface area is 172 Å². The molecule has 3 aromatic carbocycles. The van der Waals surface area contributed by atoms with Crippen molar-refractivity contribution in [3.8, 4) is 11.4 Å². The number of nitrogens with zero attached hydrogens (tertiary/aromatic N) is 1. The minimum absolute atomic E-state index is 0.0511. The first-order chi connectivity index (χ1) is 13.6. The fourth-order valence-electron chi connectivity index (χ4n) is 2.86. The number of hydrogen-bond donors (Lipinski definition) is 2. The van der Waals surface area contributed by atoms with Gasteiger partial charge in [-0.2, -0.15) is 0 Å². The number of aromatic amines is 1. The lowest BCUT2D eigenvalue weighted by molar-refractivity contribution is -0.113. The van der Waals surface area contributed by atoms with Crippen molar-refractivity contribution in [2.75, 3.05) is 11.1 Å². The lowest BCUT2D eigenvalue weighted by atomic mass is 10.1. The highest BCUT2D eigenvalue weighted by atomic mass is 35.5. The number of benzene rings is 3. The number of thioether (sulfide) groups is 1. The largest absolute Gasteiger partial charge is 0.338 e. The van der Waals surface area contributed by atoms with Crippen LogP contribution in [-0.4, -0.2) is 21.6 Å². The molecule has 0 radical (unpaired) electrons. The van der Waals surface area contributed by atoms with Crippen LogP contribution in [0, 0.1) is 6.92 Å². The minimum Gasteiger partial charge on any atom is -0.338 e. The Morgan fingerprint density at radius 2 is 1.89 bits per heavy atom. The first-order valence-corrected chi connectivity index (χ1v) is 10.2. The Kier molecular flexibility index (Phi) is 5.37. The van der Waals surface area contributed by atoms with Crippen LogP contribution < -0.4 is 5.32 Å². The highest BCUT2D eigenvalue weighted by Gasteiger charge is 2.10. The third-order valence-electron chi connectivity index (χ3n) is 4.36. The molecular weight excluding hydrogens is 390 g/mol. The van der Waals surface area contributed by atoms with E-state index in [1.54, 1.807) is 0 Å². The first kappa shape index (κ1) is 18.6. The number of carbonyl (C=O) groups is 1. The van der Waals surface area contributed by atoms with Crippen LogP contribution in [-0.2, 0) is 4.79 Å². The molecule has 0 aliphatic heterocycles. The molecule has 140 valence electrons. The molecule has 1 aromatic heterocycles. The highest BCUT2D eigenvalue weighted by molar-refractivity contribution is 8.00. The summed E-state index contributed by atoms with van der Waals surface area (Å²) in [6.07, 6.45) is 0. The lowest BCUT2D eigenvalue weighted by Crippen LogP contribution is -2.14. The molecule has 2 N–H and O–H groups in total. The molecule has 0 fully saturated rings. The van der Waals surface area contributed by atoms with Crippen LogP contribution in [0.25, 0.3) is 22.4 Å². The maximum absolute atomic E-state index is 12.4. The van der Waals surface area contributed by atoms with E-state index < -0.39 is 0 Å². The van der Waals surface area contributed by atoms with Crippen LogP contribution >= 0.6 is 23.4 Å². The number of amides is 1. The van der Waals surface area contributed by atoms with Gasteiger partial charge in [-0.3, -0.25) is 4.79 Å². The van der Waals surface area contributed by atoms with Crippen molar-refractivity contribution in [3.05, 3.63) is 77.3 Å². The number of aryl methyl sites for hydroxylation is 1. The second-order valence-corrected chi connectivity index (χ2v) is 7.91. The maximum atomic E-state index is 12.4. The average Bonchev–Trinajstić information content (AvgIpc) is 3.13. The molecule has 0 saturated carbocycles. The first-order valence-electron chi connectivity index (χ1n) is 8.82. The van der Waals surface area contributed by atoms with Crippen LogP contribution in [0.5, 0.6) is 0 Å². The number of fused-ring (bicyclic) bond motifs is 1. The Hall–Kier alpha value is -2.76. The average molecular weight is 408 g/mol. The molecule has 4 nitrogen and oxygen atoms in total. The summed E-state index contributed by atoms with van der Waals surface area (Å²) in [5.41, 5.74) is 4.64. The Morgan fingerprint density at radius 3 is 2.68 bits per heavy atom. The molecule has 0 aliphatic carbocycles. The van der Waals surface area contributed by atoms with E-state index in [4.69, 9.17) is 11.6 Å². The van der Waals surface area contributed by atoms with Crippen LogP contribution in [0.2, 0.25) is 5.02 Å². The summed E-state index contributed by atoms with van der Waals surface area (Å²) < 4.78 is 0. The number of halogens is 1. The summed E-state index contributed by atoms with van der Waals surface area (Å²) in [6, 6.07) is 21.3. The number of nitrogens with one attached hydrogen (secondary N) is 2. The van der Waals surface area contributed by atoms with Gasteiger partial charge in [0, 0.05) is 21.2 Å². The van der Waals surface area contributed by atoms with E-state index in [1.165, 1.54) is 11.8 Å². The molecule has 1 heterocycles. The molecule has 6 heteroatoms. The van der Waals surface area contributed by atoms with Crippen LogP contribution in [0.1, 0.15) is 5.56 Å². The van der Waals surface area contributed by atoms with E-state index in [9.17, 15) is 4.79 Å². The van der Waals surface area contributed by atoms with Gasteiger partial charge in [0.1, 0.15) is 5.82 Å².